The van der Waals surface area contributed by atoms with Gasteiger partial charge >= 0.3 is 0 Å². The van der Waals surface area contributed by atoms with Crippen LogP contribution in [0.3, 0.4) is 0 Å². The minimum atomic E-state index is -0.538. The van der Waals surface area contributed by atoms with Crippen LogP contribution in [0.5, 0.6) is 0 Å². The number of anilines is 1. The lowest BCUT2D eigenvalue weighted by molar-refractivity contribution is -0.119. The molecule has 3 N–H and O–H groups in total. The summed E-state index contributed by atoms with van der Waals surface area (Å²) >= 11 is 0. The smallest absolute Gasteiger partial charge is 0.217 e. The molecule has 0 saturated carbocycles. The van der Waals surface area contributed by atoms with Crippen LogP contribution in [0.1, 0.15) is 31.0 Å². The Hall–Kier alpha value is -3.82. The minimum absolute atomic E-state index is 0.252. The van der Waals surface area contributed by atoms with Crippen LogP contribution in [0.4, 0.5) is 10.2 Å². The van der Waals surface area contributed by atoms with Gasteiger partial charge in [0.25, 0.3) is 0 Å². The Kier molecular flexibility index (Phi) is 4.45. The highest BCUT2D eigenvalue weighted by Crippen LogP contribution is 2.37. The van der Waals surface area contributed by atoms with Gasteiger partial charge in [0.05, 0.1) is 35.8 Å². The van der Waals surface area contributed by atoms with Crippen LogP contribution in [-0.2, 0) is 9.59 Å². The van der Waals surface area contributed by atoms with Crippen LogP contribution in [0, 0.1) is 12.7 Å². The topological polar surface area (TPSA) is 117 Å². The molecule has 0 saturated heterocycles. The second kappa shape index (κ2) is 6.97. The van der Waals surface area contributed by atoms with Crippen LogP contribution < -0.4 is 10.6 Å². The van der Waals surface area contributed by atoms with Crippen LogP contribution in [0.15, 0.2) is 24.8 Å². The monoisotopic (exact) mass is 395 g/mol. The quantitative estimate of drug-likeness (QED) is 0.449. The van der Waals surface area contributed by atoms with E-state index in [1.165, 1.54) is 6.92 Å². The van der Waals surface area contributed by atoms with E-state index in [1.54, 1.807) is 43.0 Å². The molecule has 3 aromatic heterocycles. The highest BCUT2D eigenvalue weighted by Gasteiger charge is 2.24. The molecule has 3 heterocycles. The Morgan fingerprint density at radius 1 is 1.34 bits per heavy atom. The number of aromatic amines is 1. The number of benzene rings is 1. The van der Waals surface area contributed by atoms with Gasteiger partial charge in [0.15, 0.2) is 11.5 Å². The Labute approximate surface area is 164 Å². The standard InChI is InChI=1S/C19H18FN7O2/c1-9-16(13-6-27-7-14(22-8-28)25-15(27)5-21-13)12-4-23-26-19(12)17(18(9)20)10(2)24-11(3)29/h4-8,10H,1-3H3,(H,22,28)(H,23,26)(H,24,29). The number of fused-ring (bicyclic) bond motifs is 2. The predicted octanol–water partition coefficient (Wildman–Crippen LogP) is 2.49. The van der Waals surface area contributed by atoms with Gasteiger partial charge < -0.3 is 15.0 Å². The summed E-state index contributed by atoms with van der Waals surface area (Å²) in [6, 6.07) is -0.538. The van der Waals surface area contributed by atoms with Gasteiger partial charge in [-0.3, -0.25) is 19.7 Å². The van der Waals surface area contributed by atoms with Crippen molar-refractivity contribution in [3.63, 3.8) is 0 Å². The third kappa shape index (κ3) is 3.08. The zero-order chi connectivity index (χ0) is 20.7. The molecule has 1 unspecified atom stereocenters. The summed E-state index contributed by atoms with van der Waals surface area (Å²) in [4.78, 5) is 30.7. The molecule has 1 atom stereocenters. The molecule has 2 amide bonds. The summed E-state index contributed by atoms with van der Waals surface area (Å²) in [6.07, 6.45) is 7.05. The molecular weight excluding hydrogens is 377 g/mol. The first-order valence-corrected chi connectivity index (χ1v) is 8.88. The average molecular weight is 395 g/mol. The van der Waals surface area contributed by atoms with Crippen molar-refractivity contribution in [3.05, 3.63) is 41.7 Å². The number of hydrogen-bond acceptors (Lipinski definition) is 5. The first-order chi connectivity index (χ1) is 13.9. The fourth-order valence-corrected chi connectivity index (χ4v) is 3.58. The van der Waals surface area contributed by atoms with Crippen molar-refractivity contribution >= 4 is 34.7 Å². The van der Waals surface area contributed by atoms with Crippen LogP contribution in [-0.4, -0.2) is 36.9 Å². The molecule has 0 spiro atoms. The number of hydrogen-bond donors (Lipinski definition) is 3. The van der Waals surface area contributed by atoms with Crippen LogP contribution in [0.2, 0.25) is 0 Å². The normalized spacial score (nSPS) is 12.3. The van der Waals surface area contributed by atoms with Gasteiger partial charge in [-0.15, -0.1) is 0 Å². The highest BCUT2D eigenvalue weighted by atomic mass is 19.1. The van der Waals surface area contributed by atoms with E-state index in [-0.39, 0.29) is 5.91 Å². The van der Waals surface area contributed by atoms with E-state index in [2.05, 4.69) is 30.8 Å². The zero-order valence-electron chi connectivity index (χ0n) is 15.9. The van der Waals surface area contributed by atoms with Crippen molar-refractivity contribution in [2.24, 2.45) is 0 Å². The van der Waals surface area contributed by atoms with E-state index >= 15 is 4.39 Å². The Bertz CT molecular complexity index is 1260. The number of amides is 2. The van der Waals surface area contributed by atoms with Crippen LogP contribution >= 0.6 is 0 Å². The third-order valence-electron chi connectivity index (χ3n) is 4.78. The molecule has 4 aromatic rings. The van der Waals surface area contributed by atoms with E-state index < -0.39 is 11.9 Å². The fourth-order valence-electron chi connectivity index (χ4n) is 3.58. The highest BCUT2D eigenvalue weighted by molar-refractivity contribution is 5.97. The van der Waals surface area contributed by atoms with Crippen LogP contribution in [0.25, 0.3) is 27.8 Å². The summed E-state index contributed by atoms with van der Waals surface area (Å²) < 4.78 is 17.1. The molecule has 0 aliphatic rings. The number of nitrogens with zero attached hydrogens (tertiary/aromatic N) is 4. The second-order valence-electron chi connectivity index (χ2n) is 6.73. The summed E-state index contributed by atoms with van der Waals surface area (Å²) in [5.41, 5.74) is 2.88. The SMILES string of the molecule is CC(=O)NC(C)c1c(F)c(C)c(-c2cn3cc(NC=O)nc3cn2)c2cn[nH]c12. The van der Waals surface area contributed by atoms with Crippen molar-refractivity contribution in [1.82, 2.24) is 29.9 Å². The Balaban J connectivity index is 1.92. The number of carbonyl (C=O) groups is 2. The number of imidazole rings is 1. The minimum Gasteiger partial charge on any atom is -0.350 e. The maximum Gasteiger partial charge on any atom is 0.217 e. The van der Waals surface area contributed by atoms with Crippen molar-refractivity contribution in [2.75, 3.05) is 5.32 Å². The molecule has 0 fully saturated rings. The summed E-state index contributed by atoms with van der Waals surface area (Å²) in [7, 11) is 0. The predicted molar refractivity (Wildman–Crippen MR) is 105 cm³/mol. The maximum atomic E-state index is 15.4. The van der Waals surface area contributed by atoms with Gasteiger partial charge in [-0.25, -0.2) is 9.37 Å². The number of halogens is 1. The summed E-state index contributed by atoms with van der Waals surface area (Å²) in [5.74, 6) is -0.304. The second-order valence-corrected chi connectivity index (χ2v) is 6.73. The number of rotatable bonds is 5. The Morgan fingerprint density at radius 3 is 2.86 bits per heavy atom. The summed E-state index contributed by atoms with van der Waals surface area (Å²) in [5, 5.41) is 12.8. The van der Waals surface area contributed by atoms with Gasteiger partial charge in [0.1, 0.15) is 5.82 Å². The first-order valence-electron chi connectivity index (χ1n) is 8.88. The molecule has 0 aliphatic heterocycles. The lowest BCUT2D eigenvalue weighted by Crippen LogP contribution is -2.25. The van der Waals surface area contributed by atoms with E-state index in [1.807, 2.05) is 0 Å². The van der Waals surface area contributed by atoms with E-state index in [0.717, 1.165) is 0 Å². The molecule has 1 aromatic carbocycles. The van der Waals surface area contributed by atoms with Gasteiger partial charge in [0.2, 0.25) is 12.3 Å². The molecule has 9 nitrogen and oxygen atoms in total. The number of carbonyl (C=O) groups excluding carboxylic acids is 2. The van der Waals surface area contributed by atoms with Crippen molar-refractivity contribution in [3.8, 4) is 11.3 Å². The van der Waals surface area contributed by atoms with Gasteiger partial charge in [-0.05, 0) is 19.4 Å². The number of aromatic nitrogens is 5. The lowest BCUT2D eigenvalue weighted by atomic mass is 9.94. The number of H-pyrrole nitrogens is 1. The molecule has 29 heavy (non-hydrogen) atoms. The average Bonchev–Trinajstić information content (AvgIpc) is 3.28. The fraction of sp³-hybridized carbons (Fsp3) is 0.211. The first kappa shape index (κ1) is 18.5. The molecular formula is C19H18FN7O2. The molecule has 148 valence electrons. The van der Waals surface area contributed by atoms with E-state index in [4.69, 9.17) is 0 Å². The maximum absolute atomic E-state index is 15.4. The van der Waals surface area contributed by atoms with Crippen molar-refractivity contribution < 1.29 is 14.0 Å². The lowest BCUT2D eigenvalue weighted by Gasteiger charge is -2.18. The van der Waals surface area contributed by atoms with Gasteiger partial charge in [0, 0.05) is 29.6 Å². The van der Waals surface area contributed by atoms with E-state index in [0.29, 0.717) is 51.2 Å². The van der Waals surface area contributed by atoms with Crippen molar-refractivity contribution in [2.45, 2.75) is 26.8 Å². The van der Waals surface area contributed by atoms with Gasteiger partial charge in [-0.1, -0.05) is 0 Å². The molecule has 0 aliphatic carbocycles. The molecule has 0 radical (unpaired) electrons. The molecule has 10 heteroatoms. The summed E-state index contributed by atoms with van der Waals surface area (Å²) in [6.45, 7) is 4.77. The Morgan fingerprint density at radius 2 is 2.14 bits per heavy atom. The molecule has 4 rings (SSSR count). The zero-order valence-corrected chi connectivity index (χ0v) is 15.9. The van der Waals surface area contributed by atoms with Gasteiger partial charge in [-0.2, -0.15) is 5.10 Å². The van der Waals surface area contributed by atoms with E-state index in [9.17, 15) is 9.59 Å². The third-order valence-corrected chi connectivity index (χ3v) is 4.78. The number of nitrogens with one attached hydrogen (secondary N) is 3. The molecule has 0 bridgehead atoms. The largest absolute Gasteiger partial charge is 0.350 e. The van der Waals surface area contributed by atoms with Crippen molar-refractivity contribution in [1.29, 1.82) is 0 Å².